The summed E-state index contributed by atoms with van der Waals surface area (Å²) in [6, 6.07) is 4.39. The van der Waals surface area contributed by atoms with E-state index in [-0.39, 0.29) is 28.9 Å². The van der Waals surface area contributed by atoms with Crippen LogP contribution in [-0.4, -0.2) is 5.51 Å². The minimum absolute atomic E-state index is 0.000417. The molecule has 0 atom stereocenters. The summed E-state index contributed by atoms with van der Waals surface area (Å²) >= 11 is -0.224. The van der Waals surface area contributed by atoms with Crippen molar-refractivity contribution in [3.63, 3.8) is 0 Å². The lowest BCUT2D eigenvalue weighted by atomic mass is 10.2. The lowest BCUT2D eigenvalue weighted by Crippen LogP contribution is -2.03. The van der Waals surface area contributed by atoms with Gasteiger partial charge in [-0.3, -0.25) is 0 Å². The van der Waals surface area contributed by atoms with Crippen LogP contribution in [0.2, 0.25) is 0 Å². The molecule has 0 radical (unpaired) electrons. The molecule has 14 heavy (non-hydrogen) atoms. The highest BCUT2D eigenvalue weighted by molar-refractivity contribution is 8.00. The lowest BCUT2D eigenvalue weighted by molar-refractivity contribution is -0.0327. The fourth-order valence-corrected chi connectivity index (χ4v) is 1.56. The SMILES string of the molecule is NCc1ccc(N)c(SC(F)(F)F)c1. The lowest BCUT2D eigenvalue weighted by Gasteiger charge is -2.09. The molecule has 1 rings (SSSR count). The summed E-state index contributed by atoms with van der Waals surface area (Å²) in [5.41, 5.74) is 7.12. The molecule has 0 aliphatic heterocycles. The third-order valence-electron chi connectivity index (χ3n) is 1.54. The van der Waals surface area contributed by atoms with Crippen LogP contribution in [-0.2, 0) is 6.54 Å². The van der Waals surface area contributed by atoms with Crippen LogP contribution < -0.4 is 11.5 Å². The molecule has 0 spiro atoms. The van der Waals surface area contributed by atoms with E-state index in [2.05, 4.69) is 0 Å². The van der Waals surface area contributed by atoms with E-state index >= 15 is 0 Å². The van der Waals surface area contributed by atoms with Crippen molar-refractivity contribution in [1.29, 1.82) is 0 Å². The number of alkyl halides is 3. The molecule has 0 amide bonds. The van der Waals surface area contributed by atoms with E-state index in [1.54, 1.807) is 6.07 Å². The van der Waals surface area contributed by atoms with E-state index in [9.17, 15) is 13.2 Å². The molecule has 6 heteroatoms. The van der Waals surface area contributed by atoms with Gasteiger partial charge in [0.1, 0.15) is 0 Å². The maximum atomic E-state index is 12.0. The summed E-state index contributed by atoms with van der Waals surface area (Å²) in [5, 5.41) is 0. The maximum Gasteiger partial charge on any atom is 0.446 e. The predicted octanol–water partition coefficient (Wildman–Crippen LogP) is 2.34. The first-order valence-electron chi connectivity index (χ1n) is 3.76. The molecule has 4 N–H and O–H groups in total. The van der Waals surface area contributed by atoms with Crippen LogP contribution in [0.3, 0.4) is 0 Å². The smallest absolute Gasteiger partial charge is 0.398 e. The number of hydrogen-bond acceptors (Lipinski definition) is 3. The Kier molecular flexibility index (Phi) is 3.28. The first-order valence-corrected chi connectivity index (χ1v) is 4.58. The molecule has 1 aromatic rings. The van der Waals surface area contributed by atoms with Gasteiger partial charge < -0.3 is 11.5 Å². The van der Waals surface area contributed by atoms with Crippen LogP contribution in [0.15, 0.2) is 23.1 Å². The van der Waals surface area contributed by atoms with Gasteiger partial charge in [0.05, 0.1) is 0 Å². The molecule has 0 aromatic heterocycles. The minimum Gasteiger partial charge on any atom is -0.398 e. The van der Waals surface area contributed by atoms with Gasteiger partial charge in [0.25, 0.3) is 0 Å². The summed E-state index contributed by atoms with van der Waals surface area (Å²) < 4.78 is 36.1. The highest BCUT2D eigenvalue weighted by Gasteiger charge is 2.30. The van der Waals surface area contributed by atoms with Gasteiger partial charge in [0.2, 0.25) is 0 Å². The Balaban J connectivity index is 2.95. The van der Waals surface area contributed by atoms with E-state index in [1.807, 2.05) is 0 Å². The zero-order valence-corrected chi connectivity index (χ0v) is 7.95. The van der Waals surface area contributed by atoms with Gasteiger partial charge in [-0.15, -0.1) is 0 Å². The van der Waals surface area contributed by atoms with Gasteiger partial charge >= 0.3 is 5.51 Å². The van der Waals surface area contributed by atoms with Gasteiger partial charge in [-0.1, -0.05) is 6.07 Å². The van der Waals surface area contributed by atoms with Crippen LogP contribution in [0.4, 0.5) is 18.9 Å². The van der Waals surface area contributed by atoms with E-state index in [0.29, 0.717) is 5.56 Å². The Hall–Kier alpha value is -0.880. The standard InChI is InChI=1S/C8H9F3N2S/c9-8(10,11)14-7-3-5(4-12)1-2-6(7)13/h1-3H,4,12-13H2. The molecule has 0 unspecified atom stereocenters. The van der Waals surface area contributed by atoms with Gasteiger partial charge in [0.15, 0.2) is 0 Å². The second-order valence-corrected chi connectivity index (χ2v) is 3.73. The highest BCUT2D eigenvalue weighted by Crippen LogP contribution is 2.39. The quantitative estimate of drug-likeness (QED) is 0.596. The average molecular weight is 222 g/mol. The zero-order valence-electron chi connectivity index (χ0n) is 7.14. The van der Waals surface area contributed by atoms with Crippen molar-refractivity contribution in [3.8, 4) is 0 Å². The zero-order chi connectivity index (χ0) is 10.8. The number of halogens is 3. The largest absolute Gasteiger partial charge is 0.446 e. The second kappa shape index (κ2) is 4.10. The maximum absolute atomic E-state index is 12.0. The first-order chi connectivity index (χ1) is 6.42. The van der Waals surface area contributed by atoms with E-state index < -0.39 is 5.51 Å². The Morgan fingerprint density at radius 2 is 1.93 bits per heavy atom. The molecular formula is C8H9F3N2S. The summed E-state index contributed by atoms with van der Waals surface area (Å²) in [6.45, 7) is 0.200. The molecule has 0 heterocycles. The van der Waals surface area contributed by atoms with Gasteiger partial charge in [-0.2, -0.15) is 13.2 Å². The van der Waals surface area contributed by atoms with Crippen molar-refractivity contribution in [2.75, 3.05) is 5.73 Å². The third kappa shape index (κ3) is 3.12. The first kappa shape index (κ1) is 11.2. The number of rotatable bonds is 2. The van der Waals surface area contributed by atoms with Crippen molar-refractivity contribution >= 4 is 17.4 Å². The Labute approximate surface area is 83.5 Å². The summed E-state index contributed by atoms with van der Waals surface area (Å²) in [4.78, 5) is 0.000417. The topological polar surface area (TPSA) is 52.0 Å². The Morgan fingerprint density at radius 1 is 1.29 bits per heavy atom. The van der Waals surface area contributed by atoms with Crippen molar-refractivity contribution < 1.29 is 13.2 Å². The fourth-order valence-electron chi connectivity index (χ4n) is 0.919. The number of thioether (sulfide) groups is 1. The molecule has 0 saturated heterocycles. The number of hydrogen-bond donors (Lipinski definition) is 2. The second-order valence-electron chi connectivity index (χ2n) is 2.62. The molecule has 2 nitrogen and oxygen atoms in total. The van der Waals surface area contributed by atoms with Crippen LogP contribution in [0.25, 0.3) is 0 Å². The molecule has 0 aliphatic carbocycles. The molecule has 0 fully saturated rings. The van der Waals surface area contributed by atoms with Crippen LogP contribution in [0.1, 0.15) is 5.56 Å². The van der Waals surface area contributed by atoms with Crippen molar-refractivity contribution in [2.24, 2.45) is 5.73 Å². The van der Waals surface area contributed by atoms with Crippen LogP contribution in [0, 0.1) is 0 Å². The predicted molar refractivity (Wildman–Crippen MR) is 50.7 cm³/mol. The van der Waals surface area contributed by atoms with Crippen molar-refractivity contribution in [3.05, 3.63) is 23.8 Å². The number of nitrogen functional groups attached to an aromatic ring is 1. The highest BCUT2D eigenvalue weighted by atomic mass is 32.2. The van der Waals surface area contributed by atoms with E-state index in [1.165, 1.54) is 12.1 Å². The summed E-state index contributed by atoms with van der Waals surface area (Å²) in [5.74, 6) is 0. The molecular weight excluding hydrogens is 213 g/mol. The van der Waals surface area contributed by atoms with Gasteiger partial charge in [-0.05, 0) is 29.5 Å². The molecule has 1 aromatic carbocycles. The monoisotopic (exact) mass is 222 g/mol. The number of nitrogens with two attached hydrogens (primary N) is 2. The summed E-state index contributed by atoms with van der Waals surface area (Å²) in [7, 11) is 0. The average Bonchev–Trinajstić information content (AvgIpc) is 2.06. The van der Waals surface area contributed by atoms with Crippen LogP contribution in [0.5, 0.6) is 0 Å². The molecule has 0 saturated carbocycles. The Bertz CT molecular complexity index is 325. The molecule has 78 valence electrons. The third-order valence-corrected chi connectivity index (χ3v) is 2.34. The fraction of sp³-hybridized carbons (Fsp3) is 0.250. The normalized spacial score (nSPS) is 11.7. The van der Waals surface area contributed by atoms with Gasteiger partial charge in [-0.25, -0.2) is 0 Å². The van der Waals surface area contributed by atoms with E-state index in [0.717, 1.165) is 0 Å². The minimum atomic E-state index is -4.32. The van der Waals surface area contributed by atoms with Gasteiger partial charge in [0, 0.05) is 17.1 Å². The van der Waals surface area contributed by atoms with Crippen molar-refractivity contribution in [1.82, 2.24) is 0 Å². The van der Waals surface area contributed by atoms with E-state index in [4.69, 9.17) is 11.5 Å². The number of anilines is 1. The summed E-state index contributed by atoms with van der Waals surface area (Å²) in [6.07, 6.45) is 0. The molecule has 0 bridgehead atoms. The van der Waals surface area contributed by atoms with Crippen LogP contribution >= 0.6 is 11.8 Å². The Morgan fingerprint density at radius 3 is 2.43 bits per heavy atom. The van der Waals surface area contributed by atoms with Crippen molar-refractivity contribution in [2.45, 2.75) is 16.9 Å². The molecule has 0 aliphatic rings. The number of benzene rings is 1.